The zero-order valence-corrected chi connectivity index (χ0v) is 74.5. The van der Waals surface area contributed by atoms with E-state index in [1.54, 1.807) is 0 Å². The van der Waals surface area contributed by atoms with Crippen LogP contribution in [0.1, 0.15) is 0 Å². The Labute approximate surface area is 791 Å². The number of nitrogens with zero attached hydrogens (tertiary/aromatic N) is 12. The van der Waals surface area contributed by atoms with E-state index in [1.165, 1.54) is 63.5 Å². The van der Waals surface area contributed by atoms with Crippen LogP contribution in [0.15, 0.2) is 478 Å². The zero-order chi connectivity index (χ0) is 90.6. The van der Waals surface area contributed by atoms with Gasteiger partial charge in [-0.1, -0.05) is 370 Å². The van der Waals surface area contributed by atoms with Crippen molar-refractivity contribution in [2.45, 2.75) is 0 Å². The number of furan rings is 1. The number of para-hydroxylation sites is 6. The summed E-state index contributed by atoms with van der Waals surface area (Å²) < 4.78 is 15.9. The average Bonchev–Trinajstić information content (AvgIpc) is 1.53. The van der Waals surface area contributed by atoms with Gasteiger partial charge in [0.25, 0.3) is 0 Å². The summed E-state index contributed by atoms with van der Waals surface area (Å²) in [6, 6.07) is 164. The van der Waals surface area contributed by atoms with E-state index in [9.17, 15) is 0 Å². The lowest BCUT2D eigenvalue weighted by atomic mass is 10.0. The molecular formula is C123H78N12OS. The number of hydrogen-bond acceptors (Lipinski definition) is 11. The maximum Gasteiger partial charge on any atom is 0.238 e. The Balaban J connectivity index is 0.000000110. The first-order valence-electron chi connectivity index (χ1n) is 45.7. The standard InChI is InChI=1S/C45H28N4O.C39H24N4S.C39H26N4/c1-3-12-29(13-4-1)43-46-44(30-14-5-2-6-15-30)48-45(47-43)31-22-25-33(26-23-31)49-39-20-9-7-16-35(39)36-27-24-32(28-40(36)49)34-18-11-19-38-37-17-8-10-21-41(37)50-42(34)38;1-3-11-25(12-4-1)37-40-38(26-13-5-2-6-14-26)42-39(41-37)27-19-21-28(22-20-27)43-33-17-9-7-15-29(33)31-23-24-32-30-16-8-10-18-34(30)44-36(32)35(31)43;1-3-13-27(14-4-1)29-17-11-19-31(25-29)37-40-38(32-20-12-18-30(26-32)28-15-5-2-6-16-28)42-39(41-37)43-35-23-9-7-21-33(35)34-22-8-10-24-36(34)43/h1-28H;1-24H;1-26H. The van der Waals surface area contributed by atoms with Crippen molar-refractivity contribution < 1.29 is 4.42 Å². The van der Waals surface area contributed by atoms with Crippen molar-refractivity contribution in [2.24, 2.45) is 0 Å². The van der Waals surface area contributed by atoms with E-state index in [-0.39, 0.29) is 0 Å². The Morgan fingerprint density at radius 1 is 0.182 bits per heavy atom. The lowest BCUT2D eigenvalue weighted by molar-refractivity contribution is 0.670. The molecule has 0 fully saturated rings. The minimum Gasteiger partial charge on any atom is -0.455 e. The Hall–Kier alpha value is -18.4. The van der Waals surface area contributed by atoms with Crippen LogP contribution in [0.2, 0.25) is 0 Å². The summed E-state index contributed by atoms with van der Waals surface area (Å²) in [4.78, 5) is 44.8. The summed E-state index contributed by atoms with van der Waals surface area (Å²) in [5.74, 6) is 5.75. The van der Waals surface area contributed by atoms with E-state index in [1.807, 2.05) is 157 Å². The predicted molar refractivity (Wildman–Crippen MR) is 562 cm³/mol. The van der Waals surface area contributed by atoms with E-state index in [2.05, 4.69) is 341 Å². The number of aromatic nitrogens is 12. The fourth-order valence-corrected chi connectivity index (χ4v) is 20.3. The molecular weight excluding hydrogens is 1690 g/mol. The summed E-state index contributed by atoms with van der Waals surface area (Å²) in [5.41, 5.74) is 25.1. The summed E-state index contributed by atoms with van der Waals surface area (Å²) in [6.45, 7) is 0. The van der Waals surface area contributed by atoms with Crippen molar-refractivity contribution >= 4 is 119 Å². The van der Waals surface area contributed by atoms with Gasteiger partial charge in [-0.3, -0.25) is 4.57 Å². The van der Waals surface area contributed by atoms with Gasteiger partial charge in [-0.05, 0) is 131 Å². The average molecular weight is 1770 g/mol. The molecule has 27 rings (SSSR count). The molecule has 13 nitrogen and oxygen atoms in total. The van der Waals surface area contributed by atoms with Gasteiger partial charge in [0.15, 0.2) is 46.6 Å². The molecule has 8 heterocycles. The molecule has 14 heteroatoms. The van der Waals surface area contributed by atoms with Crippen LogP contribution in [0.25, 0.3) is 249 Å². The first-order chi connectivity index (χ1) is 67.9. The fourth-order valence-electron chi connectivity index (χ4n) is 19.1. The minimum absolute atomic E-state index is 0.590. The molecule has 0 aliphatic heterocycles. The Morgan fingerprint density at radius 3 is 0.964 bits per heavy atom. The van der Waals surface area contributed by atoms with Gasteiger partial charge in [0, 0.05) is 120 Å². The minimum atomic E-state index is 0.590. The molecule has 0 saturated carbocycles. The van der Waals surface area contributed by atoms with Crippen LogP contribution in [-0.4, -0.2) is 58.6 Å². The van der Waals surface area contributed by atoms with E-state index in [0.29, 0.717) is 52.5 Å². The third kappa shape index (κ3) is 15.0. The fraction of sp³-hybridized carbons (Fsp3) is 0. The molecule has 0 saturated heterocycles. The van der Waals surface area contributed by atoms with Crippen molar-refractivity contribution in [1.29, 1.82) is 0 Å². The van der Waals surface area contributed by atoms with Gasteiger partial charge in [-0.2, -0.15) is 9.97 Å². The molecule has 0 N–H and O–H groups in total. The normalized spacial score (nSPS) is 11.5. The Kier molecular flexibility index (Phi) is 20.5. The molecule has 137 heavy (non-hydrogen) atoms. The monoisotopic (exact) mass is 1770 g/mol. The molecule has 0 aliphatic rings. The summed E-state index contributed by atoms with van der Waals surface area (Å²) in [7, 11) is 0. The third-order valence-corrected chi connectivity index (χ3v) is 26.8. The van der Waals surface area contributed by atoms with Gasteiger partial charge in [-0.15, -0.1) is 11.3 Å². The summed E-state index contributed by atoms with van der Waals surface area (Å²) >= 11 is 1.87. The van der Waals surface area contributed by atoms with Gasteiger partial charge in [-0.25, -0.2) is 34.9 Å². The Morgan fingerprint density at radius 2 is 0.496 bits per heavy atom. The lowest BCUT2D eigenvalue weighted by Gasteiger charge is -2.12. The molecule has 27 aromatic rings. The van der Waals surface area contributed by atoms with Crippen LogP contribution < -0.4 is 0 Å². The van der Waals surface area contributed by atoms with Gasteiger partial charge in [0.2, 0.25) is 5.95 Å². The second-order valence-electron chi connectivity index (χ2n) is 33.9. The number of thiophene rings is 1. The van der Waals surface area contributed by atoms with Crippen molar-refractivity contribution in [3.8, 4) is 142 Å². The molecule has 0 bridgehead atoms. The van der Waals surface area contributed by atoms with Crippen LogP contribution in [0.3, 0.4) is 0 Å². The molecule has 0 aliphatic carbocycles. The highest BCUT2D eigenvalue weighted by Gasteiger charge is 2.25. The summed E-state index contributed by atoms with van der Waals surface area (Å²) in [5, 5.41) is 12.1. The third-order valence-electron chi connectivity index (χ3n) is 25.6. The lowest BCUT2D eigenvalue weighted by Crippen LogP contribution is -2.06. The molecule has 8 aromatic heterocycles. The summed E-state index contributed by atoms with van der Waals surface area (Å²) in [6.07, 6.45) is 0. The van der Waals surface area contributed by atoms with E-state index in [4.69, 9.17) is 49.3 Å². The second kappa shape index (κ2) is 34.7. The van der Waals surface area contributed by atoms with Gasteiger partial charge in [0.05, 0.1) is 37.8 Å². The van der Waals surface area contributed by atoms with Gasteiger partial charge in [0.1, 0.15) is 11.2 Å². The van der Waals surface area contributed by atoms with E-state index in [0.717, 1.165) is 133 Å². The quantitative estimate of drug-likeness (QED) is 0.103. The molecule has 0 amide bonds. The molecule has 19 aromatic carbocycles. The number of fused-ring (bicyclic) bond motifs is 16. The predicted octanol–water partition coefficient (Wildman–Crippen LogP) is 31.5. The van der Waals surface area contributed by atoms with Crippen molar-refractivity contribution in [1.82, 2.24) is 58.6 Å². The highest BCUT2D eigenvalue weighted by atomic mass is 32.1. The van der Waals surface area contributed by atoms with Gasteiger partial charge < -0.3 is 13.6 Å². The van der Waals surface area contributed by atoms with Crippen LogP contribution in [0.5, 0.6) is 0 Å². The number of rotatable bonds is 14. The maximum absolute atomic E-state index is 6.43. The zero-order valence-electron chi connectivity index (χ0n) is 73.7. The topological polar surface area (TPSA) is 144 Å². The Bertz CT molecular complexity index is 9000. The van der Waals surface area contributed by atoms with Crippen LogP contribution in [0, 0.1) is 0 Å². The SMILES string of the molecule is c1ccc(-c2cccc(-c3nc(-c4cccc(-c5ccccc5)c4)nc(-n4c5ccccc5c5ccccc54)n3)c2)cc1.c1ccc(-c2nc(-c3ccccc3)nc(-c3ccc(-n4c5ccccc5c5ccc(-c6cccc7c6oc6ccccc67)cc54)cc3)n2)cc1.c1ccc(-c2nc(-c3ccccc3)nc(-c3ccc(-n4c5ccccc5c5ccc6c7ccccc7sc6c54)cc3)n2)cc1. The van der Waals surface area contributed by atoms with Crippen molar-refractivity contribution in [2.75, 3.05) is 0 Å². The smallest absolute Gasteiger partial charge is 0.238 e. The second-order valence-corrected chi connectivity index (χ2v) is 34.9. The van der Waals surface area contributed by atoms with Crippen LogP contribution in [0.4, 0.5) is 0 Å². The number of benzene rings is 19. The van der Waals surface area contributed by atoms with Crippen LogP contribution in [-0.2, 0) is 0 Å². The van der Waals surface area contributed by atoms with E-state index < -0.39 is 0 Å². The highest BCUT2D eigenvalue weighted by Crippen LogP contribution is 2.46. The van der Waals surface area contributed by atoms with Crippen molar-refractivity contribution in [3.63, 3.8) is 0 Å². The highest BCUT2D eigenvalue weighted by molar-refractivity contribution is 7.26. The first kappa shape index (κ1) is 80.7. The molecule has 0 spiro atoms. The van der Waals surface area contributed by atoms with Crippen LogP contribution >= 0.6 is 11.3 Å². The van der Waals surface area contributed by atoms with Gasteiger partial charge >= 0.3 is 0 Å². The molecule has 642 valence electrons. The molecule has 0 unspecified atom stereocenters. The molecule has 0 radical (unpaired) electrons. The maximum atomic E-state index is 6.43. The van der Waals surface area contributed by atoms with E-state index >= 15 is 0 Å². The molecule has 0 atom stereocenters. The van der Waals surface area contributed by atoms with Crippen molar-refractivity contribution in [3.05, 3.63) is 473 Å². The first-order valence-corrected chi connectivity index (χ1v) is 46.5. The largest absolute Gasteiger partial charge is 0.455 e. The number of hydrogen-bond donors (Lipinski definition) is 0.